The molecule has 0 aliphatic rings. The SMILES string of the molecule is COC(=O)c1ccccc1N=Cc1cc(Br)c(N(C)C)o1. The Morgan fingerprint density at radius 1 is 1.38 bits per heavy atom. The zero-order valence-corrected chi connectivity index (χ0v) is 13.5. The molecule has 1 aromatic heterocycles. The third-order valence-corrected chi connectivity index (χ3v) is 3.30. The summed E-state index contributed by atoms with van der Waals surface area (Å²) < 4.78 is 11.2. The number of nitrogens with zero attached hydrogens (tertiary/aromatic N) is 2. The van der Waals surface area contributed by atoms with E-state index in [4.69, 9.17) is 9.15 Å². The first kappa shape index (κ1) is 15.3. The lowest BCUT2D eigenvalue weighted by atomic mass is 10.2. The summed E-state index contributed by atoms with van der Waals surface area (Å²) in [5.41, 5.74) is 0.943. The summed E-state index contributed by atoms with van der Waals surface area (Å²) in [6, 6.07) is 8.80. The third-order valence-electron chi connectivity index (χ3n) is 2.73. The largest absolute Gasteiger partial charge is 0.465 e. The molecule has 0 atom stereocenters. The Labute approximate surface area is 131 Å². The van der Waals surface area contributed by atoms with Crippen LogP contribution in [-0.4, -0.2) is 33.4 Å². The molecule has 6 heteroatoms. The van der Waals surface area contributed by atoms with Crippen molar-refractivity contribution >= 4 is 39.7 Å². The fourth-order valence-corrected chi connectivity index (χ4v) is 2.41. The van der Waals surface area contributed by atoms with Crippen LogP contribution in [0.5, 0.6) is 0 Å². The monoisotopic (exact) mass is 350 g/mol. The van der Waals surface area contributed by atoms with Crippen LogP contribution < -0.4 is 4.90 Å². The Morgan fingerprint density at radius 2 is 2.10 bits per heavy atom. The topological polar surface area (TPSA) is 55.0 Å². The van der Waals surface area contributed by atoms with Crippen molar-refractivity contribution in [1.29, 1.82) is 0 Å². The van der Waals surface area contributed by atoms with E-state index in [9.17, 15) is 4.79 Å². The molecule has 0 fully saturated rings. The number of ether oxygens (including phenoxy) is 1. The second-order valence-corrected chi connectivity index (χ2v) is 5.32. The Hall–Kier alpha value is -2.08. The predicted molar refractivity (Wildman–Crippen MR) is 85.8 cm³/mol. The van der Waals surface area contributed by atoms with E-state index in [-0.39, 0.29) is 0 Å². The maximum Gasteiger partial charge on any atom is 0.340 e. The van der Waals surface area contributed by atoms with Gasteiger partial charge in [-0.15, -0.1) is 0 Å². The van der Waals surface area contributed by atoms with E-state index < -0.39 is 5.97 Å². The fourth-order valence-electron chi connectivity index (χ4n) is 1.75. The number of methoxy groups -OCH3 is 1. The molecular formula is C15H15BrN2O3. The quantitative estimate of drug-likeness (QED) is 0.623. The summed E-state index contributed by atoms with van der Waals surface area (Å²) in [5.74, 6) is 0.875. The number of benzene rings is 1. The first-order valence-electron chi connectivity index (χ1n) is 6.21. The molecule has 0 aliphatic carbocycles. The molecule has 0 aliphatic heterocycles. The van der Waals surface area contributed by atoms with E-state index in [1.54, 1.807) is 24.4 Å². The molecular weight excluding hydrogens is 336 g/mol. The van der Waals surface area contributed by atoms with Crippen molar-refractivity contribution in [3.05, 3.63) is 46.1 Å². The first-order valence-corrected chi connectivity index (χ1v) is 7.00. The summed E-state index contributed by atoms with van der Waals surface area (Å²) in [6.07, 6.45) is 1.57. The van der Waals surface area contributed by atoms with Gasteiger partial charge in [-0.05, 0) is 28.1 Å². The maximum absolute atomic E-state index is 11.7. The molecule has 1 aromatic carbocycles. The standard InChI is InChI=1S/C15H15BrN2O3/c1-18(2)14-12(16)8-10(21-14)9-17-13-7-5-4-6-11(13)15(19)20-3/h4-9H,1-3H3. The Morgan fingerprint density at radius 3 is 2.71 bits per heavy atom. The van der Waals surface area contributed by atoms with Crippen LogP contribution in [0.15, 0.2) is 44.2 Å². The minimum absolute atomic E-state index is 0.412. The Balaban J connectivity index is 2.30. The molecule has 0 spiro atoms. The second kappa shape index (κ2) is 6.58. The van der Waals surface area contributed by atoms with Gasteiger partial charge in [0.15, 0.2) is 0 Å². The molecule has 0 unspecified atom stereocenters. The zero-order valence-electron chi connectivity index (χ0n) is 12.0. The van der Waals surface area contributed by atoms with Gasteiger partial charge in [-0.2, -0.15) is 0 Å². The molecule has 21 heavy (non-hydrogen) atoms. The van der Waals surface area contributed by atoms with Crippen LogP contribution in [0.4, 0.5) is 11.6 Å². The molecule has 5 nitrogen and oxygen atoms in total. The number of para-hydroxylation sites is 1. The highest BCUT2D eigenvalue weighted by molar-refractivity contribution is 9.10. The van der Waals surface area contributed by atoms with Gasteiger partial charge in [-0.25, -0.2) is 4.79 Å². The van der Waals surface area contributed by atoms with E-state index in [2.05, 4.69) is 20.9 Å². The number of aliphatic imine (C=N–C) groups is 1. The molecule has 0 N–H and O–H groups in total. The highest BCUT2D eigenvalue weighted by atomic mass is 79.9. The third kappa shape index (κ3) is 3.52. The fraction of sp³-hybridized carbons (Fsp3) is 0.200. The van der Waals surface area contributed by atoms with Gasteiger partial charge in [0.25, 0.3) is 0 Å². The van der Waals surface area contributed by atoms with Gasteiger partial charge >= 0.3 is 5.97 Å². The summed E-state index contributed by atoms with van der Waals surface area (Å²) in [4.78, 5) is 17.8. The lowest BCUT2D eigenvalue weighted by Crippen LogP contribution is -2.07. The number of anilines is 1. The van der Waals surface area contributed by atoms with Gasteiger partial charge in [0.1, 0.15) is 5.76 Å². The van der Waals surface area contributed by atoms with E-state index in [1.807, 2.05) is 31.1 Å². The zero-order chi connectivity index (χ0) is 15.4. The van der Waals surface area contributed by atoms with Crippen molar-refractivity contribution in [3.8, 4) is 0 Å². The molecule has 0 amide bonds. The lowest BCUT2D eigenvalue weighted by Gasteiger charge is -2.07. The first-order chi connectivity index (χ1) is 10.0. The van der Waals surface area contributed by atoms with Crippen LogP contribution in [0.25, 0.3) is 0 Å². The van der Waals surface area contributed by atoms with Crippen LogP contribution in [0.3, 0.4) is 0 Å². The number of hydrogen-bond donors (Lipinski definition) is 0. The van der Waals surface area contributed by atoms with Crippen molar-refractivity contribution in [1.82, 2.24) is 0 Å². The van der Waals surface area contributed by atoms with Crippen molar-refractivity contribution in [2.24, 2.45) is 4.99 Å². The number of furan rings is 1. The Bertz CT molecular complexity index is 677. The van der Waals surface area contributed by atoms with Gasteiger partial charge < -0.3 is 14.1 Å². The summed E-state index contributed by atoms with van der Waals surface area (Å²) in [7, 11) is 5.12. The average Bonchev–Trinajstić information content (AvgIpc) is 2.86. The molecule has 0 saturated heterocycles. The molecule has 0 saturated carbocycles. The minimum Gasteiger partial charge on any atom is -0.465 e. The average molecular weight is 351 g/mol. The summed E-state index contributed by atoms with van der Waals surface area (Å²) >= 11 is 3.42. The van der Waals surface area contributed by atoms with Crippen LogP contribution in [0.1, 0.15) is 16.1 Å². The van der Waals surface area contributed by atoms with Crippen LogP contribution in [-0.2, 0) is 4.74 Å². The van der Waals surface area contributed by atoms with Gasteiger partial charge in [-0.3, -0.25) is 4.99 Å². The van der Waals surface area contributed by atoms with Gasteiger partial charge in [-0.1, -0.05) is 12.1 Å². The molecule has 1 heterocycles. The minimum atomic E-state index is -0.419. The number of esters is 1. The van der Waals surface area contributed by atoms with Crippen LogP contribution in [0, 0.1) is 0 Å². The van der Waals surface area contributed by atoms with Crippen LogP contribution in [0.2, 0.25) is 0 Å². The van der Waals surface area contributed by atoms with Gasteiger partial charge in [0.2, 0.25) is 5.88 Å². The molecule has 2 rings (SSSR count). The number of carbonyl (C=O) groups excluding carboxylic acids is 1. The second-order valence-electron chi connectivity index (χ2n) is 4.46. The van der Waals surface area contributed by atoms with Crippen molar-refractivity contribution < 1.29 is 13.9 Å². The molecule has 0 radical (unpaired) electrons. The van der Waals surface area contributed by atoms with Gasteiger partial charge in [0, 0.05) is 20.2 Å². The maximum atomic E-state index is 11.7. The number of rotatable bonds is 4. The highest BCUT2D eigenvalue weighted by Crippen LogP contribution is 2.28. The van der Waals surface area contributed by atoms with Crippen molar-refractivity contribution in [2.45, 2.75) is 0 Å². The Kier molecular flexibility index (Phi) is 4.80. The number of carbonyl (C=O) groups is 1. The van der Waals surface area contributed by atoms with Gasteiger partial charge in [0.05, 0.1) is 29.0 Å². The molecule has 2 aromatic rings. The predicted octanol–water partition coefficient (Wildman–Crippen LogP) is 3.65. The van der Waals surface area contributed by atoms with E-state index in [1.165, 1.54) is 7.11 Å². The normalized spacial score (nSPS) is 10.9. The smallest absolute Gasteiger partial charge is 0.340 e. The van der Waals surface area contributed by atoms with Crippen LogP contribution >= 0.6 is 15.9 Å². The molecule has 110 valence electrons. The molecule has 0 bridgehead atoms. The summed E-state index contributed by atoms with van der Waals surface area (Å²) in [5, 5.41) is 0. The summed E-state index contributed by atoms with van der Waals surface area (Å²) in [6.45, 7) is 0. The number of hydrogen-bond acceptors (Lipinski definition) is 5. The van der Waals surface area contributed by atoms with E-state index in [0.29, 0.717) is 22.9 Å². The van der Waals surface area contributed by atoms with E-state index in [0.717, 1.165) is 4.47 Å². The van der Waals surface area contributed by atoms with E-state index >= 15 is 0 Å². The van der Waals surface area contributed by atoms with Crippen molar-refractivity contribution in [3.63, 3.8) is 0 Å². The number of halogens is 1. The lowest BCUT2D eigenvalue weighted by molar-refractivity contribution is 0.0601. The highest BCUT2D eigenvalue weighted by Gasteiger charge is 2.11. The van der Waals surface area contributed by atoms with Crippen molar-refractivity contribution in [2.75, 3.05) is 26.1 Å².